The fourth-order valence-corrected chi connectivity index (χ4v) is 3.72. The summed E-state index contributed by atoms with van der Waals surface area (Å²) >= 11 is 5.43. The summed E-state index contributed by atoms with van der Waals surface area (Å²) in [5.41, 5.74) is 1.29. The highest BCUT2D eigenvalue weighted by atomic mass is 79.9. The second-order valence-corrected chi connectivity index (χ2v) is 7.15. The Morgan fingerprint density at radius 2 is 2.29 bits per heavy atom. The number of halogens is 1. The van der Waals surface area contributed by atoms with Crippen LogP contribution in [0.2, 0.25) is 0 Å². The van der Waals surface area contributed by atoms with Gasteiger partial charge in [-0.2, -0.15) is 5.10 Å². The van der Waals surface area contributed by atoms with Crippen molar-refractivity contribution in [3.05, 3.63) is 46.7 Å². The molecule has 1 aromatic carbocycles. The summed E-state index contributed by atoms with van der Waals surface area (Å²) in [5.74, 6) is 1.06. The third kappa shape index (κ3) is 5.85. The molecule has 1 unspecified atom stereocenters. The van der Waals surface area contributed by atoms with Crippen molar-refractivity contribution < 1.29 is 0 Å². The minimum atomic E-state index is 0.470. The second kappa shape index (κ2) is 8.61. The lowest BCUT2D eigenvalue weighted by molar-refractivity contribution is 0.550. The molecule has 2 aromatic rings. The first-order valence-corrected chi connectivity index (χ1v) is 9.04. The van der Waals surface area contributed by atoms with Gasteiger partial charge in [-0.25, -0.2) is 0 Å². The molecule has 0 aliphatic rings. The second-order valence-electron chi connectivity index (χ2n) is 5.15. The van der Waals surface area contributed by atoms with Crippen molar-refractivity contribution in [3.63, 3.8) is 0 Å². The normalized spacial score (nSPS) is 12.5. The highest BCUT2D eigenvalue weighted by Gasteiger charge is 2.11. The number of rotatable bonds is 8. The zero-order chi connectivity index (χ0) is 15.1. The molecule has 0 spiro atoms. The number of benzene rings is 1. The summed E-state index contributed by atoms with van der Waals surface area (Å²) < 4.78 is 3.01. The molecule has 1 N–H and O–H groups in total. The SMILES string of the molecule is CCCNC(CSc1cccc(Br)c1)Cc1cnn(C)c1. The van der Waals surface area contributed by atoms with Gasteiger partial charge in [0.05, 0.1) is 6.20 Å². The van der Waals surface area contributed by atoms with E-state index in [1.165, 1.54) is 10.5 Å². The van der Waals surface area contributed by atoms with Gasteiger partial charge in [-0.1, -0.05) is 28.9 Å². The van der Waals surface area contributed by atoms with Crippen LogP contribution in [0.3, 0.4) is 0 Å². The van der Waals surface area contributed by atoms with E-state index in [0.29, 0.717) is 6.04 Å². The summed E-state index contributed by atoms with van der Waals surface area (Å²) in [4.78, 5) is 1.30. The largest absolute Gasteiger partial charge is 0.313 e. The summed E-state index contributed by atoms with van der Waals surface area (Å²) in [6.45, 7) is 3.26. The predicted molar refractivity (Wildman–Crippen MR) is 93.9 cm³/mol. The highest BCUT2D eigenvalue weighted by Crippen LogP contribution is 2.23. The fourth-order valence-electron chi connectivity index (χ4n) is 2.15. The van der Waals surface area contributed by atoms with Gasteiger partial charge in [-0.05, 0) is 43.1 Å². The summed E-state index contributed by atoms with van der Waals surface area (Å²) in [6, 6.07) is 8.95. The maximum atomic E-state index is 4.26. The van der Waals surface area contributed by atoms with Crippen LogP contribution in [0.25, 0.3) is 0 Å². The molecule has 0 saturated carbocycles. The number of thioether (sulfide) groups is 1. The highest BCUT2D eigenvalue weighted by molar-refractivity contribution is 9.10. The van der Waals surface area contributed by atoms with Gasteiger partial charge >= 0.3 is 0 Å². The molecular formula is C16H22BrN3S. The maximum absolute atomic E-state index is 4.26. The molecule has 0 saturated heterocycles. The fraction of sp³-hybridized carbons (Fsp3) is 0.438. The molecule has 0 aliphatic heterocycles. The Morgan fingerprint density at radius 3 is 2.95 bits per heavy atom. The van der Waals surface area contributed by atoms with Gasteiger partial charge in [0.15, 0.2) is 0 Å². The van der Waals surface area contributed by atoms with Crippen LogP contribution in [0.5, 0.6) is 0 Å². The van der Waals surface area contributed by atoms with Crippen LogP contribution in [0, 0.1) is 0 Å². The van der Waals surface area contributed by atoms with E-state index in [9.17, 15) is 0 Å². The Morgan fingerprint density at radius 1 is 1.43 bits per heavy atom. The lowest BCUT2D eigenvalue weighted by atomic mass is 10.1. The van der Waals surface area contributed by atoms with Crippen molar-refractivity contribution in [2.24, 2.45) is 7.05 Å². The molecule has 1 atom stereocenters. The molecular weight excluding hydrogens is 346 g/mol. The topological polar surface area (TPSA) is 29.9 Å². The average molecular weight is 368 g/mol. The Hall–Kier alpha value is -0.780. The van der Waals surface area contributed by atoms with Gasteiger partial charge in [0.1, 0.15) is 0 Å². The first-order chi connectivity index (χ1) is 10.2. The number of hydrogen-bond acceptors (Lipinski definition) is 3. The molecule has 0 amide bonds. The van der Waals surface area contributed by atoms with E-state index in [0.717, 1.165) is 29.6 Å². The summed E-state index contributed by atoms with van der Waals surface area (Å²) in [7, 11) is 1.97. The molecule has 3 nitrogen and oxygen atoms in total. The first kappa shape index (κ1) is 16.6. The predicted octanol–water partition coefficient (Wildman–Crippen LogP) is 3.89. The van der Waals surface area contributed by atoms with Crippen molar-refractivity contribution in [2.75, 3.05) is 12.3 Å². The Labute approximate surface area is 139 Å². The number of nitrogens with zero attached hydrogens (tertiary/aromatic N) is 2. The van der Waals surface area contributed by atoms with Crippen molar-refractivity contribution in [3.8, 4) is 0 Å². The molecule has 2 rings (SSSR count). The van der Waals surface area contributed by atoms with Crippen LogP contribution < -0.4 is 5.32 Å². The quantitative estimate of drug-likeness (QED) is 0.717. The van der Waals surface area contributed by atoms with Crippen LogP contribution in [0.1, 0.15) is 18.9 Å². The van der Waals surface area contributed by atoms with E-state index in [1.54, 1.807) is 0 Å². The molecule has 0 aliphatic carbocycles. The number of aromatic nitrogens is 2. The van der Waals surface area contributed by atoms with E-state index < -0.39 is 0 Å². The van der Waals surface area contributed by atoms with Crippen LogP contribution in [-0.2, 0) is 13.5 Å². The molecule has 0 radical (unpaired) electrons. The zero-order valence-electron chi connectivity index (χ0n) is 12.6. The van der Waals surface area contributed by atoms with Crippen molar-refractivity contribution >= 4 is 27.7 Å². The van der Waals surface area contributed by atoms with Crippen molar-refractivity contribution in [2.45, 2.75) is 30.7 Å². The molecule has 1 aromatic heterocycles. The smallest absolute Gasteiger partial charge is 0.0522 e. The number of nitrogens with one attached hydrogen (secondary N) is 1. The summed E-state index contributed by atoms with van der Waals surface area (Å²) in [5, 5.41) is 7.90. The first-order valence-electron chi connectivity index (χ1n) is 7.26. The van der Waals surface area contributed by atoms with Crippen LogP contribution in [0.4, 0.5) is 0 Å². The minimum Gasteiger partial charge on any atom is -0.313 e. The van der Waals surface area contributed by atoms with Gasteiger partial charge in [-0.15, -0.1) is 11.8 Å². The average Bonchev–Trinajstić information content (AvgIpc) is 2.87. The third-order valence-corrected chi connectivity index (χ3v) is 4.82. The Balaban J connectivity index is 1.92. The molecule has 114 valence electrons. The van der Waals surface area contributed by atoms with Gasteiger partial charge in [0.25, 0.3) is 0 Å². The zero-order valence-corrected chi connectivity index (χ0v) is 15.0. The van der Waals surface area contributed by atoms with Gasteiger partial charge in [-0.3, -0.25) is 4.68 Å². The molecule has 21 heavy (non-hydrogen) atoms. The Kier molecular flexibility index (Phi) is 6.80. The minimum absolute atomic E-state index is 0.470. The van der Waals surface area contributed by atoms with E-state index in [4.69, 9.17) is 0 Å². The number of aryl methyl sites for hydroxylation is 1. The monoisotopic (exact) mass is 367 g/mol. The van der Waals surface area contributed by atoms with Crippen LogP contribution in [0.15, 0.2) is 46.0 Å². The van der Waals surface area contributed by atoms with E-state index >= 15 is 0 Å². The lowest BCUT2D eigenvalue weighted by Crippen LogP contribution is -2.33. The molecule has 5 heteroatoms. The van der Waals surface area contributed by atoms with E-state index in [2.05, 4.69) is 63.7 Å². The molecule has 0 fully saturated rings. The van der Waals surface area contributed by atoms with Crippen LogP contribution >= 0.6 is 27.7 Å². The third-order valence-electron chi connectivity index (χ3n) is 3.17. The molecule has 0 bridgehead atoms. The standard InChI is InChI=1S/C16H22BrN3S/c1-3-7-18-15(8-13-10-19-20(2)11-13)12-21-16-6-4-5-14(17)9-16/h4-6,9-11,15,18H,3,7-8,12H2,1-2H3. The Bertz CT molecular complexity index is 556. The number of hydrogen-bond donors (Lipinski definition) is 1. The van der Waals surface area contributed by atoms with Gasteiger partial charge < -0.3 is 5.32 Å². The van der Waals surface area contributed by atoms with Crippen molar-refractivity contribution in [1.82, 2.24) is 15.1 Å². The summed E-state index contributed by atoms with van der Waals surface area (Å²) in [6.07, 6.45) is 6.24. The van der Waals surface area contributed by atoms with Crippen LogP contribution in [-0.4, -0.2) is 28.1 Å². The van der Waals surface area contributed by atoms with E-state index in [1.807, 2.05) is 29.7 Å². The van der Waals surface area contributed by atoms with Gasteiger partial charge in [0.2, 0.25) is 0 Å². The lowest BCUT2D eigenvalue weighted by Gasteiger charge is -2.17. The van der Waals surface area contributed by atoms with Gasteiger partial charge in [0, 0.05) is 34.4 Å². The van der Waals surface area contributed by atoms with Crippen molar-refractivity contribution in [1.29, 1.82) is 0 Å². The van der Waals surface area contributed by atoms with E-state index in [-0.39, 0.29) is 0 Å². The molecule has 1 heterocycles. The maximum Gasteiger partial charge on any atom is 0.0522 e.